The Morgan fingerprint density at radius 3 is 2.88 bits per heavy atom. The zero-order chi connectivity index (χ0) is 16.4. The molecule has 2 saturated heterocycles. The van der Waals surface area contributed by atoms with Gasteiger partial charge in [0.25, 0.3) is 0 Å². The van der Waals surface area contributed by atoms with Gasteiger partial charge in [-0.2, -0.15) is 0 Å². The van der Waals surface area contributed by atoms with Crippen molar-refractivity contribution in [2.24, 2.45) is 0 Å². The molecule has 2 aromatic rings. The predicted molar refractivity (Wildman–Crippen MR) is 96.6 cm³/mol. The Morgan fingerprint density at radius 1 is 1.21 bits per heavy atom. The van der Waals surface area contributed by atoms with Gasteiger partial charge in [-0.25, -0.2) is 0 Å². The molecule has 3 heterocycles. The lowest BCUT2D eigenvalue weighted by Gasteiger charge is -2.34. The van der Waals surface area contributed by atoms with Crippen LogP contribution in [0.4, 0.5) is 5.69 Å². The molecule has 0 amide bonds. The fourth-order valence-corrected chi connectivity index (χ4v) is 3.87. The maximum absolute atomic E-state index is 6.09. The van der Waals surface area contributed by atoms with Gasteiger partial charge < -0.3 is 14.4 Å². The summed E-state index contributed by atoms with van der Waals surface area (Å²) >= 11 is 0. The standard InChI is InChI=1S/C20H26N2O2/c1-15-4-2-6-18-19(7-10-21-20(15)18)22-11-8-16(9-12-22)24-14-17-5-3-13-23-17/h2,4,6-7,10,16-17H,3,5,8-9,11-14H2,1H3. The van der Waals surface area contributed by atoms with Gasteiger partial charge in [-0.3, -0.25) is 4.98 Å². The Kier molecular flexibility index (Phi) is 4.67. The van der Waals surface area contributed by atoms with Gasteiger partial charge in [-0.05, 0) is 44.2 Å². The van der Waals surface area contributed by atoms with E-state index < -0.39 is 0 Å². The van der Waals surface area contributed by atoms with Crippen molar-refractivity contribution in [2.45, 2.75) is 44.8 Å². The molecule has 0 aliphatic carbocycles. The highest BCUT2D eigenvalue weighted by atomic mass is 16.5. The summed E-state index contributed by atoms with van der Waals surface area (Å²) in [5.41, 5.74) is 3.66. The molecule has 4 heteroatoms. The van der Waals surface area contributed by atoms with Crippen molar-refractivity contribution in [3.05, 3.63) is 36.0 Å². The van der Waals surface area contributed by atoms with Gasteiger partial charge in [0.2, 0.25) is 0 Å². The van der Waals surface area contributed by atoms with Crippen LogP contribution in [0.15, 0.2) is 30.5 Å². The zero-order valence-electron chi connectivity index (χ0n) is 14.4. The van der Waals surface area contributed by atoms with Crippen LogP contribution in [0.25, 0.3) is 10.9 Å². The number of ether oxygens (including phenoxy) is 2. The Balaban J connectivity index is 1.40. The van der Waals surface area contributed by atoms with Crippen molar-refractivity contribution in [2.75, 3.05) is 31.2 Å². The van der Waals surface area contributed by atoms with Crippen molar-refractivity contribution >= 4 is 16.6 Å². The highest BCUT2D eigenvalue weighted by Crippen LogP contribution is 2.29. The van der Waals surface area contributed by atoms with Crippen molar-refractivity contribution in [3.63, 3.8) is 0 Å². The van der Waals surface area contributed by atoms with E-state index in [1.165, 1.54) is 23.1 Å². The molecular weight excluding hydrogens is 300 g/mol. The molecule has 0 bridgehead atoms. The van der Waals surface area contributed by atoms with Crippen LogP contribution in [0.3, 0.4) is 0 Å². The molecule has 4 rings (SSSR count). The van der Waals surface area contributed by atoms with E-state index in [1.807, 2.05) is 6.20 Å². The molecule has 0 spiro atoms. The maximum atomic E-state index is 6.09. The number of hydrogen-bond donors (Lipinski definition) is 0. The molecule has 24 heavy (non-hydrogen) atoms. The lowest BCUT2D eigenvalue weighted by atomic mass is 10.0. The molecule has 4 nitrogen and oxygen atoms in total. The van der Waals surface area contributed by atoms with E-state index in [0.29, 0.717) is 12.2 Å². The Morgan fingerprint density at radius 2 is 2.08 bits per heavy atom. The molecule has 1 aromatic heterocycles. The molecule has 0 N–H and O–H groups in total. The average molecular weight is 326 g/mol. The van der Waals surface area contributed by atoms with Crippen LogP contribution in [0, 0.1) is 6.92 Å². The van der Waals surface area contributed by atoms with Crippen molar-refractivity contribution in [1.82, 2.24) is 4.98 Å². The lowest BCUT2D eigenvalue weighted by Crippen LogP contribution is -2.38. The zero-order valence-corrected chi connectivity index (χ0v) is 14.4. The number of anilines is 1. The fraction of sp³-hybridized carbons (Fsp3) is 0.550. The minimum Gasteiger partial charge on any atom is -0.376 e. The van der Waals surface area contributed by atoms with E-state index in [0.717, 1.165) is 51.1 Å². The van der Waals surface area contributed by atoms with Gasteiger partial charge in [-0.15, -0.1) is 0 Å². The second-order valence-corrected chi connectivity index (χ2v) is 6.96. The number of nitrogens with zero attached hydrogens (tertiary/aromatic N) is 2. The Hall–Kier alpha value is -1.65. The predicted octanol–water partition coefficient (Wildman–Crippen LogP) is 3.71. The average Bonchev–Trinajstić information content (AvgIpc) is 3.14. The molecule has 0 radical (unpaired) electrons. The second-order valence-electron chi connectivity index (χ2n) is 6.96. The van der Waals surface area contributed by atoms with Crippen LogP contribution in [-0.4, -0.2) is 43.5 Å². The van der Waals surface area contributed by atoms with Crippen LogP contribution in [-0.2, 0) is 9.47 Å². The van der Waals surface area contributed by atoms with E-state index >= 15 is 0 Å². The summed E-state index contributed by atoms with van der Waals surface area (Å²) in [5, 5.41) is 1.26. The first-order valence-corrected chi connectivity index (χ1v) is 9.14. The highest BCUT2D eigenvalue weighted by molar-refractivity contribution is 5.93. The number of piperidine rings is 1. The third-order valence-electron chi connectivity index (χ3n) is 5.27. The fourth-order valence-electron chi connectivity index (χ4n) is 3.87. The van der Waals surface area contributed by atoms with E-state index in [1.54, 1.807) is 0 Å². The van der Waals surface area contributed by atoms with Crippen LogP contribution in [0.1, 0.15) is 31.2 Å². The normalized spacial score (nSPS) is 22.4. The number of fused-ring (bicyclic) bond motifs is 1. The summed E-state index contributed by atoms with van der Waals surface area (Å²) < 4.78 is 11.7. The number of pyridine rings is 1. The van der Waals surface area contributed by atoms with Crippen LogP contribution < -0.4 is 4.90 Å². The van der Waals surface area contributed by atoms with Crippen molar-refractivity contribution < 1.29 is 9.47 Å². The van der Waals surface area contributed by atoms with Gasteiger partial charge in [0.15, 0.2) is 0 Å². The Bertz CT molecular complexity index is 689. The first-order chi connectivity index (χ1) is 11.8. The third kappa shape index (κ3) is 3.26. The van der Waals surface area contributed by atoms with Crippen molar-refractivity contribution in [1.29, 1.82) is 0 Å². The van der Waals surface area contributed by atoms with Crippen LogP contribution in [0.5, 0.6) is 0 Å². The van der Waals surface area contributed by atoms with Gasteiger partial charge in [0, 0.05) is 37.0 Å². The smallest absolute Gasteiger partial charge is 0.0809 e. The summed E-state index contributed by atoms with van der Waals surface area (Å²) in [7, 11) is 0. The van der Waals surface area contributed by atoms with Crippen molar-refractivity contribution in [3.8, 4) is 0 Å². The summed E-state index contributed by atoms with van der Waals surface area (Å²) in [6.07, 6.45) is 7.15. The van der Waals surface area contributed by atoms with E-state index in [4.69, 9.17) is 9.47 Å². The third-order valence-corrected chi connectivity index (χ3v) is 5.27. The number of rotatable bonds is 4. The Labute approximate surface area is 143 Å². The lowest BCUT2D eigenvalue weighted by molar-refractivity contribution is -0.0280. The summed E-state index contributed by atoms with van der Waals surface area (Å²) in [5.74, 6) is 0. The van der Waals surface area contributed by atoms with Gasteiger partial charge >= 0.3 is 0 Å². The summed E-state index contributed by atoms with van der Waals surface area (Å²) in [4.78, 5) is 7.04. The van der Waals surface area contributed by atoms with E-state index in [-0.39, 0.29) is 0 Å². The van der Waals surface area contributed by atoms with E-state index in [9.17, 15) is 0 Å². The monoisotopic (exact) mass is 326 g/mol. The number of para-hydroxylation sites is 1. The molecule has 1 atom stereocenters. The van der Waals surface area contributed by atoms with Gasteiger partial charge in [0.05, 0.1) is 24.3 Å². The number of benzene rings is 1. The van der Waals surface area contributed by atoms with Crippen LogP contribution >= 0.6 is 0 Å². The van der Waals surface area contributed by atoms with Gasteiger partial charge in [-0.1, -0.05) is 18.2 Å². The number of hydrogen-bond acceptors (Lipinski definition) is 4. The largest absolute Gasteiger partial charge is 0.376 e. The first-order valence-electron chi connectivity index (χ1n) is 9.14. The quantitative estimate of drug-likeness (QED) is 0.858. The molecule has 128 valence electrons. The van der Waals surface area contributed by atoms with E-state index in [2.05, 4.69) is 41.1 Å². The molecule has 2 aliphatic rings. The highest BCUT2D eigenvalue weighted by Gasteiger charge is 2.23. The molecule has 1 unspecified atom stereocenters. The van der Waals surface area contributed by atoms with Crippen LogP contribution in [0.2, 0.25) is 0 Å². The first kappa shape index (κ1) is 15.9. The molecule has 0 saturated carbocycles. The second kappa shape index (κ2) is 7.08. The summed E-state index contributed by atoms with van der Waals surface area (Å²) in [6, 6.07) is 8.59. The summed E-state index contributed by atoms with van der Waals surface area (Å²) in [6.45, 7) is 5.89. The minimum atomic E-state index is 0.329. The molecule has 2 fully saturated rings. The SMILES string of the molecule is Cc1cccc2c(N3CCC(OCC4CCCO4)CC3)ccnc12. The maximum Gasteiger partial charge on any atom is 0.0809 e. The number of aryl methyl sites for hydroxylation is 1. The minimum absolute atomic E-state index is 0.329. The van der Waals surface area contributed by atoms with Gasteiger partial charge in [0.1, 0.15) is 0 Å². The molecule has 1 aromatic carbocycles. The topological polar surface area (TPSA) is 34.6 Å². The molecule has 2 aliphatic heterocycles. The number of aromatic nitrogens is 1. The molecular formula is C20H26N2O2.